The molecule has 8 nitrogen and oxygen atoms in total. The Hall–Kier alpha value is -3.81. The molecule has 0 spiro atoms. The van der Waals surface area contributed by atoms with Gasteiger partial charge in [0.25, 0.3) is 0 Å². The number of nitrogens with zero attached hydrogens (tertiary/aromatic N) is 3. The van der Waals surface area contributed by atoms with Crippen molar-refractivity contribution in [2.75, 3.05) is 25.3 Å². The molecule has 8 heteroatoms. The lowest BCUT2D eigenvalue weighted by atomic mass is 9.77. The van der Waals surface area contributed by atoms with Gasteiger partial charge in [-0.2, -0.15) is 4.98 Å². The number of rotatable bonds is 5. The fraction of sp³-hybridized carbons (Fsp3) is 0.346. The number of fused-ring (bicyclic) bond motifs is 1. The van der Waals surface area contributed by atoms with E-state index < -0.39 is 0 Å². The minimum absolute atomic E-state index is 0.00865. The maximum atomic E-state index is 13.6. The number of carbonyl (C=O) groups excluding carboxylic acids is 1. The summed E-state index contributed by atoms with van der Waals surface area (Å²) < 4.78 is 12.6. The zero-order valence-corrected chi connectivity index (χ0v) is 19.8. The Morgan fingerprint density at radius 3 is 2.41 bits per heavy atom. The first-order valence-electron chi connectivity index (χ1n) is 11.5. The molecule has 1 aliphatic carbocycles. The second kappa shape index (κ2) is 8.52. The van der Waals surface area contributed by atoms with Gasteiger partial charge in [0.05, 0.1) is 14.2 Å². The van der Waals surface area contributed by atoms with E-state index in [9.17, 15) is 4.79 Å². The maximum absolute atomic E-state index is 13.6. The number of methoxy groups -OCH3 is 2. The standard InChI is InChI=1S/C26H29N5O3/c1-14(2)15-5-7-16(8-6-15)24-23-19(28-26-29-25(27)30-31(24)26)11-18(12-20(23)32)17-9-10-21(33-3)22(13-17)34-4/h5-10,13-14,18,24H,11-12H2,1-4H3,(H3,27,28,29,30)/t18-,24+/m0/s1. The molecule has 0 unspecified atom stereocenters. The first-order valence-corrected chi connectivity index (χ1v) is 11.5. The van der Waals surface area contributed by atoms with Gasteiger partial charge >= 0.3 is 0 Å². The molecule has 34 heavy (non-hydrogen) atoms. The van der Waals surface area contributed by atoms with E-state index >= 15 is 0 Å². The molecule has 1 aliphatic heterocycles. The summed E-state index contributed by atoms with van der Waals surface area (Å²) in [7, 11) is 3.23. The van der Waals surface area contributed by atoms with Crippen molar-refractivity contribution in [1.82, 2.24) is 14.8 Å². The Bertz CT molecular complexity index is 1280. The van der Waals surface area contributed by atoms with Gasteiger partial charge in [0.1, 0.15) is 6.04 Å². The largest absolute Gasteiger partial charge is 0.493 e. The summed E-state index contributed by atoms with van der Waals surface area (Å²) in [6, 6.07) is 13.8. The second-order valence-electron chi connectivity index (χ2n) is 9.12. The molecule has 0 saturated carbocycles. The number of ether oxygens (including phenoxy) is 2. The Morgan fingerprint density at radius 1 is 1.03 bits per heavy atom. The van der Waals surface area contributed by atoms with Gasteiger partial charge < -0.3 is 20.5 Å². The average molecular weight is 460 g/mol. The average Bonchev–Trinajstić information content (AvgIpc) is 3.21. The molecule has 176 valence electrons. The number of hydrogen-bond acceptors (Lipinski definition) is 7. The van der Waals surface area contributed by atoms with Gasteiger partial charge in [-0.05, 0) is 47.1 Å². The molecule has 2 aliphatic rings. The van der Waals surface area contributed by atoms with Gasteiger partial charge in [0.15, 0.2) is 17.3 Å². The maximum Gasteiger partial charge on any atom is 0.241 e. The lowest BCUT2D eigenvalue weighted by Crippen LogP contribution is -2.33. The number of aromatic nitrogens is 3. The summed E-state index contributed by atoms with van der Waals surface area (Å²) in [5.74, 6) is 2.57. The zero-order valence-electron chi connectivity index (χ0n) is 19.8. The minimum Gasteiger partial charge on any atom is -0.493 e. The molecule has 2 atom stereocenters. The Kier molecular flexibility index (Phi) is 5.51. The lowest BCUT2D eigenvalue weighted by Gasteiger charge is -2.35. The Morgan fingerprint density at radius 2 is 1.74 bits per heavy atom. The number of benzene rings is 2. The van der Waals surface area contributed by atoms with Crippen LogP contribution in [0.25, 0.3) is 0 Å². The monoisotopic (exact) mass is 459 g/mol. The molecule has 0 saturated heterocycles. The summed E-state index contributed by atoms with van der Waals surface area (Å²) in [5, 5.41) is 7.76. The quantitative estimate of drug-likeness (QED) is 0.582. The molecule has 0 radical (unpaired) electrons. The van der Waals surface area contributed by atoms with E-state index in [1.54, 1.807) is 18.9 Å². The third-order valence-electron chi connectivity index (χ3n) is 6.73. The van der Waals surface area contributed by atoms with Gasteiger partial charge in [-0.15, -0.1) is 5.10 Å². The number of Topliss-reactive ketones (excluding diaryl/α,β-unsaturated/α-hetero) is 1. The van der Waals surface area contributed by atoms with Crippen molar-refractivity contribution in [2.45, 2.75) is 44.6 Å². The normalized spacial score (nSPS) is 19.5. The second-order valence-corrected chi connectivity index (χ2v) is 9.12. The lowest BCUT2D eigenvalue weighted by molar-refractivity contribution is -0.116. The first-order chi connectivity index (χ1) is 16.4. The smallest absolute Gasteiger partial charge is 0.241 e. The summed E-state index contributed by atoms with van der Waals surface area (Å²) in [6.07, 6.45) is 1.07. The summed E-state index contributed by atoms with van der Waals surface area (Å²) >= 11 is 0. The Labute approximate surface area is 198 Å². The van der Waals surface area contributed by atoms with Crippen LogP contribution in [0, 0.1) is 0 Å². The predicted molar refractivity (Wildman–Crippen MR) is 130 cm³/mol. The number of hydrogen-bond donors (Lipinski definition) is 2. The van der Waals surface area contributed by atoms with Gasteiger partial charge in [-0.3, -0.25) is 4.79 Å². The number of anilines is 2. The van der Waals surface area contributed by atoms with E-state index in [0.29, 0.717) is 36.2 Å². The van der Waals surface area contributed by atoms with Crippen molar-refractivity contribution in [3.8, 4) is 11.5 Å². The summed E-state index contributed by atoms with van der Waals surface area (Å²) in [5.41, 5.74) is 10.8. The van der Waals surface area contributed by atoms with Crippen LogP contribution in [0.4, 0.5) is 11.9 Å². The van der Waals surface area contributed by atoms with Crippen molar-refractivity contribution >= 4 is 17.7 Å². The van der Waals surface area contributed by atoms with E-state index in [1.807, 2.05) is 18.2 Å². The molecule has 2 heterocycles. The zero-order chi connectivity index (χ0) is 24.0. The summed E-state index contributed by atoms with van der Waals surface area (Å²) in [6.45, 7) is 4.32. The van der Waals surface area contributed by atoms with Gasteiger partial charge in [0.2, 0.25) is 11.9 Å². The molecular formula is C26H29N5O3. The third kappa shape index (κ3) is 3.69. The molecule has 5 rings (SSSR count). The third-order valence-corrected chi connectivity index (χ3v) is 6.73. The van der Waals surface area contributed by atoms with Crippen LogP contribution in [0.2, 0.25) is 0 Å². The molecule has 3 aromatic rings. The highest BCUT2D eigenvalue weighted by Crippen LogP contribution is 2.45. The van der Waals surface area contributed by atoms with Crippen molar-refractivity contribution in [1.29, 1.82) is 0 Å². The van der Waals surface area contributed by atoms with Gasteiger partial charge in [-0.25, -0.2) is 4.68 Å². The van der Waals surface area contributed by atoms with E-state index in [2.05, 4.69) is 53.5 Å². The van der Waals surface area contributed by atoms with Crippen LogP contribution in [0.1, 0.15) is 61.3 Å². The van der Waals surface area contributed by atoms with Crippen molar-refractivity contribution in [3.05, 3.63) is 70.4 Å². The van der Waals surface area contributed by atoms with E-state index in [4.69, 9.17) is 15.2 Å². The number of ketones is 1. The SMILES string of the molecule is COc1ccc([C@@H]2CC(=O)C3=C(C2)Nc2nc(N)nn2[C@@H]3c2ccc(C(C)C)cc2)cc1OC. The van der Waals surface area contributed by atoms with E-state index in [1.165, 1.54) is 5.56 Å². The minimum atomic E-state index is -0.365. The molecular weight excluding hydrogens is 430 g/mol. The molecule has 1 aromatic heterocycles. The highest BCUT2D eigenvalue weighted by atomic mass is 16.5. The van der Waals surface area contributed by atoms with Crippen LogP contribution in [-0.2, 0) is 4.79 Å². The fourth-order valence-electron chi connectivity index (χ4n) is 4.94. The van der Waals surface area contributed by atoms with Crippen molar-refractivity contribution in [3.63, 3.8) is 0 Å². The number of allylic oxidation sites excluding steroid dienone is 2. The molecule has 3 N–H and O–H groups in total. The van der Waals surface area contributed by atoms with Crippen molar-refractivity contribution in [2.24, 2.45) is 0 Å². The van der Waals surface area contributed by atoms with Crippen LogP contribution in [0.15, 0.2) is 53.7 Å². The number of carbonyl (C=O) groups is 1. The molecule has 2 aromatic carbocycles. The van der Waals surface area contributed by atoms with Crippen molar-refractivity contribution < 1.29 is 14.3 Å². The van der Waals surface area contributed by atoms with Crippen LogP contribution >= 0.6 is 0 Å². The van der Waals surface area contributed by atoms with E-state index in [0.717, 1.165) is 22.4 Å². The first kappa shape index (κ1) is 22.0. The molecule has 0 amide bonds. The number of nitrogens with one attached hydrogen (secondary N) is 1. The highest BCUT2D eigenvalue weighted by molar-refractivity contribution is 6.00. The topological polar surface area (TPSA) is 104 Å². The summed E-state index contributed by atoms with van der Waals surface area (Å²) in [4.78, 5) is 18.0. The van der Waals surface area contributed by atoms with Crippen LogP contribution in [0.3, 0.4) is 0 Å². The molecule has 0 bridgehead atoms. The van der Waals surface area contributed by atoms with Crippen LogP contribution in [-0.4, -0.2) is 34.8 Å². The van der Waals surface area contributed by atoms with Gasteiger partial charge in [0, 0.05) is 17.7 Å². The molecule has 0 fully saturated rings. The number of nitrogens with two attached hydrogens (primary N) is 1. The predicted octanol–water partition coefficient (Wildman–Crippen LogP) is 4.42. The van der Waals surface area contributed by atoms with Crippen LogP contribution in [0.5, 0.6) is 11.5 Å². The number of nitrogen functional groups attached to an aromatic ring is 1. The van der Waals surface area contributed by atoms with E-state index in [-0.39, 0.29) is 23.7 Å². The Balaban J connectivity index is 1.55. The van der Waals surface area contributed by atoms with Crippen LogP contribution < -0.4 is 20.5 Å². The van der Waals surface area contributed by atoms with Gasteiger partial charge in [-0.1, -0.05) is 44.2 Å². The fourth-order valence-corrected chi connectivity index (χ4v) is 4.94. The highest BCUT2D eigenvalue weighted by Gasteiger charge is 2.39.